The minimum atomic E-state index is -2.99. The smallest absolute Gasteiger partial charge is 0.242 e. The molecule has 2 atom stereocenters. The van der Waals surface area contributed by atoms with Gasteiger partial charge in [0.1, 0.15) is 12.6 Å². The number of hydrogen-bond acceptors (Lipinski definition) is 2. The van der Waals surface area contributed by atoms with Gasteiger partial charge >= 0.3 is 0 Å². The van der Waals surface area contributed by atoms with Crippen LogP contribution in [0.1, 0.15) is 30.6 Å². The summed E-state index contributed by atoms with van der Waals surface area (Å²) in [5.41, 5.74) is -0.629. The Morgan fingerprint density at radius 3 is 2.45 bits per heavy atom. The molecule has 6 heteroatoms. The predicted molar refractivity (Wildman–Crippen MR) is 92.7 cm³/mol. The van der Waals surface area contributed by atoms with Crippen molar-refractivity contribution >= 4 is 29.7 Å². The number of likely N-dealkylation sites (N-methyl/N-ethyl adjacent to an activating group) is 1. The molecule has 0 heterocycles. The van der Waals surface area contributed by atoms with Crippen molar-refractivity contribution in [3.8, 4) is 0 Å². The molecule has 0 bridgehead atoms. The summed E-state index contributed by atoms with van der Waals surface area (Å²) in [6, 6.07) is 8.21. The molecule has 0 fully saturated rings. The molecule has 0 aliphatic heterocycles. The second kappa shape index (κ2) is 7.39. The first kappa shape index (κ1) is 18.1. The lowest BCUT2D eigenvalue weighted by Crippen LogP contribution is -2.39. The Balaban J connectivity index is 3.12. The molecule has 1 aromatic rings. The first-order valence-corrected chi connectivity index (χ1v) is 10.6. The molecule has 1 rings (SSSR count). The van der Waals surface area contributed by atoms with Crippen LogP contribution in [0.2, 0.25) is 0 Å². The predicted octanol–water partition coefficient (Wildman–Crippen LogP) is 3.55. The van der Waals surface area contributed by atoms with Gasteiger partial charge in [0.05, 0.1) is 21.1 Å². The van der Waals surface area contributed by atoms with E-state index in [1.165, 1.54) is 5.56 Å². The van der Waals surface area contributed by atoms with Crippen molar-refractivity contribution in [3.63, 3.8) is 0 Å². The minimum absolute atomic E-state index is 0.230. The SMILES string of the molecule is CCCc1ccccc1C(C[N+](C)(C)C)OP(O)(=S)S. The van der Waals surface area contributed by atoms with Gasteiger partial charge in [-0.15, -0.1) is 0 Å². The van der Waals surface area contributed by atoms with Crippen LogP contribution in [0.15, 0.2) is 24.3 Å². The van der Waals surface area contributed by atoms with Crippen molar-refractivity contribution in [2.75, 3.05) is 27.7 Å². The summed E-state index contributed by atoms with van der Waals surface area (Å²) in [6.45, 7) is 2.89. The lowest BCUT2D eigenvalue weighted by molar-refractivity contribution is -0.873. The van der Waals surface area contributed by atoms with Crippen LogP contribution in [-0.4, -0.2) is 37.1 Å². The fourth-order valence-corrected chi connectivity index (χ4v) is 3.36. The fourth-order valence-electron chi connectivity index (χ4n) is 2.20. The van der Waals surface area contributed by atoms with Gasteiger partial charge in [-0.05, 0) is 29.4 Å². The molecule has 0 aliphatic carbocycles. The summed E-state index contributed by atoms with van der Waals surface area (Å²) in [5, 5.41) is 0. The van der Waals surface area contributed by atoms with Crippen molar-refractivity contribution in [2.45, 2.75) is 25.9 Å². The van der Waals surface area contributed by atoms with E-state index in [0.29, 0.717) is 0 Å². The van der Waals surface area contributed by atoms with Gasteiger partial charge in [0.2, 0.25) is 5.69 Å². The van der Waals surface area contributed by atoms with Gasteiger partial charge in [0, 0.05) is 0 Å². The molecule has 2 unspecified atom stereocenters. The molecule has 0 amide bonds. The Labute approximate surface area is 132 Å². The van der Waals surface area contributed by atoms with Crippen LogP contribution in [0.5, 0.6) is 0 Å². The summed E-state index contributed by atoms with van der Waals surface area (Å²) in [6.07, 6.45) is 1.84. The monoisotopic (exact) mass is 334 g/mol. The standard InChI is InChI=1S/C14H24NO2PS2/c1-5-8-12-9-6-7-10-13(12)14(11-15(2,3)4)17-18(16,19)20/h6-7,9-10,14H,5,8,11H2,1-4H3,(H-,16,19,20)/p+1. The largest absolute Gasteiger partial charge is 0.338 e. The van der Waals surface area contributed by atoms with Gasteiger partial charge in [-0.2, -0.15) is 0 Å². The molecular weight excluding hydrogens is 309 g/mol. The van der Waals surface area contributed by atoms with Gasteiger partial charge < -0.3 is 13.9 Å². The van der Waals surface area contributed by atoms with Crippen molar-refractivity contribution in [1.82, 2.24) is 0 Å². The van der Waals surface area contributed by atoms with Crippen molar-refractivity contribution < 1.29 is 13.9 Å². The summed E-state index contributed by atoms with van der Waals surface area (Å²) < 4.78 is 6.45. The van der Waals surface area contributed by atoms with Crippen LogP contribution in [0.4, 0.5) is 0 Å². The van der Waals surface area contributed by atoms with E-state index in [1.807, 2.05) is 12.1 Å². The topological polar surface area (TPSA) is 29.5 Å². The minimum Gasteiger partial charge on any atom is -0.338 e. The van der Waals surface area contributed by atoms with Gasteiger partial charge in [0.15, 0.2) is 0 Å². The van der Waals surface area contributed by atoms with Crippen LogP contribution >= 0.6 is 17.9 Å². The van der Waals surface area contributed by atoms with Crippen molar-refractivity contribution in [2.24, 2.45) is 0 Å². The molecule has 1 aromatic carbocycles. The van der Waals surface area contributed by atoms with E-state index in [9.17, 15) is 4.89 Å². The van der Waals surface area contributed by atoms with Gasteiger partial charge in [-0.3, -0.25) is 0 Å². The molecule has 0 saturated carbocycles. The van der Waals surface area contributed by atoms with Crippen LogP contribution < -0.4 is 0 Å². The number of rotatable bonds is 7. The number of benzene rings is 1. The third-order valence-corrected chi connectivity index (χ3v) is 3.97. The normalized spacial score (nSPS) is 16.7. The van der Waals surface area contributed by atoms with Gasteiger partial charge in [0.25, 0.3) is 0 Å². The average Bonchev–Trinajstić information content (AvgIpc) is 2.25. The lowest BCUT2D eigenvalue weighted by Gasteiger charge is -2.31. The third-order valence-electron chi connectivity index (χ3n) is 2.90. The molecule has 114 valence electrons. The Morgan fingerprint density at radius 1 is 1.35 bits per heavy atom. The second-order valence-corrected chi connectivity index (χ2v) is 11.1. The highest BCUT2D eigenvalue weighted by atomic mass is 32.9. The molecule has 0 radical (unpaired) electrons. The Morgan fingerprint density at radius 2 is 1.95 bits per heavy atom. The number of quaternary nitrogens is 1. The molecule has 1 N–H and O–H groups in total. The molecule has 0 aliphatic rings. The van der Waals surface area contributed by atoms with Gasteiger partial charge in [-0.25, -0.2) is 0 Å². The maximum atomic E-state index is 9.83. The fraction of sp³-hybridized carbons (Fsp3) is 0.571. The van der Waals surface area contributed by atoms with E-state index in [-0.39, 0.29) is 6.10 Å². The maximum Gasteiger partial charge on any atom is 0.242 e. The summed E-state index contributed by atoms with van der Waals surface area (Å²) in [7, 11) is 6.29. The van der Waals surface area contributed by atoms with Gasteiger partial charge in [-0.1, -0.05) is 49.9 Å². The molecule has 3 nitrogen and oxygen atoms in total. The zero-order valence-electron chi connectivity index (χ0n) is 12.6. The second-order valence-electron chi connectivity index (χ2n) is 6.01. The van der Waals surface area contributed by atoms with E-state index >= 15 is 0 Å². The average molecular weight is 334 g/mol. The lowest BCUT2D eigenvalue weighted by atomic mass is 9.98. The van der Waals surface area contributed by atoms with E-state index in [1.54, 1.807) is 0 Å². The number of nitrogens with zero attached hydrogens (tertiary/aromatic N) is 1. The third kappa shape index (κ3) is 6.70. The van der Waals surface area contributed by atoms with E-state index in [2.05, 4.69) is 52.4 Å². The molecule has 0 aromatic heterocycles. The highest BCUT2D eigenvalue weighted by Crippen LogP contribution is 2.51. The first-order valence-electron chi connectivity index (χ1n) is 6.74. The van der Waals surface area contributed by atoms with Crippen LogP contribution in [0.3, 0.4) is 0 Å². The highest BCUT2D eigenvalue weighted by molar-refractivity contribution is 8.59. The molecule has 0 spiro atoms. The first-order chi connectivity index (χ1) is 9.12. The summed E-state index contributed by atoms with van der Waals surface area (Å²) >= 11 is 8.99. The Bertz CT molecular complexity index is 482. The Kier molecular flexibility index (Phi) is 6.71. The quantitative estimate of drug-likeness (QED) is 0.454. The molecular formula is C14H25NO2PS2+. The van der Waals surface area contributed by atoms with E-state index < -0.39 is 5.69 Å². The highest BCUT2D eigenvalue weighted by Gasteiger charge is 2.26. The van der Waals surface area contributed by atoms with E-state index in [4.69, 9.17) is 16.3 Å². The van der Waals surface area contributed by atoms with Crippen molar-refractivity contribution in [1.29, 1.82) is 0 Å². The molecule has 20 heavy (non-hydrogen) atoms. The molecule has 0 saturated heterocycles. The number of thiol groups is 1. The number of aryl methyl sites for hydroxylation is 1. The zero-order valence-corrected chi connectivity index (χ0v) is 15.2. The van der Waals surface area contributed by atoms with Crippen LogP contribution in [0.25, 0.3) is 0 Å². The zero-order chi connectivity index (χ0) is 15.4. The maximum absolute atomic E-state index is 9.83. The van der Waals surface area contributed by atoms with Crippen LogP contribution in [0, 0.1) is 0 Å². The summed E-state index contributed by atoms with van der Waals surface area (Å²) in [5.74, 6) is 0. The Hall–Kier alpha value is 0.1000. The van der Waals surface area contributed by atoms with Crippen LogP contribution in [-0.2, 0) is 22.8 Å². The van der Waals surface area contributed by atoms with Crippen molar-refractivity contribution in [3.05, 3.63) is 35.4 Å². The summed E-state index contributed by atoms with van der Waals surface area (Å²) in [4.78, 5) is 9.83. The number of hydrogen-bond donors (Lipinski definition) is 2. The van der Waals surface area contributed by atoms with E-state index in [0.717, 1.165) is 29.4 Å².